The monoisotopic (exact) mass is 264 g/mol. The minimum absolute atomic E-state index is 0.0885. The van der Waals surface area contributed by atoms with Gasteiger partial charge in [0.25, 0.3) is 0 Å². The first-order valence-corrected chi connectivity index (χ1v) is 6.83. The molecule has 0 fully saturated rings. The first kappa shape index (κ1) is 15.3. The van der Waals surface area contributed by atoms with Crippen molar-refractivity contribution in [3.63, 3.8) is 0 Å². The van der Waals surface area contributed by atoms with Crippen LogP contribution in [0.3, 0.4) is 0 Å². The lowest BCUT2D eigenvalue weighted by Gasteiger charge is -2.13. The molecule has 0 saturated carbocycles. The van der Waals surface area contributed by atoms with E-state index in [-0.39, 0.29) is 12.1 Å². The van der Waals surface area contributed by atoms with Gasteiger partial charge in [-0.3, -0.25) is 0 Å². The molecule has 1 rings (SSSR count). The summed E-state index contributed by atoms with van der Waals surface area (Å²) in [7, 11) is 1.65. The van der Waals surface area contributed by atoms with E-state index in [4.69, 9.17) is 4.74 Å². The fraction of sp³-hybridized carbons (Fsp3) is 0.533. The standard InChI is InChI=1S/C15H24N2O2/c1-4-5-12(2)17-15(18)16-11-10-13-6-8-14(19-3)9-7-13/h6-9,12H,4-5,10-11H2,1-3H3,(H2,16,17,18). The largest absolute Gasteiger partial charge is 0.497 e. The summed E-state index contributed by atoms with van der Waals surface area (Å²) in [4.78, 5) is 11.6. The molecule has 0 spiro atoms. The van der Waals surface area contributed by atoms with Crippen molar-refractivity contribution in [2.24, 2.45) is 0 Å². The van der Waals surface area contributed by atoms with Crippen LogP contribution in [0.25, 0.3) is 0 Å². The molecule has 4 heteroatoms. The molecule has 0 bridgehead atoms. The van der Waals surface area contributed by atoms with Gasteiger partial charge in [-0.2, -0.15) is 0 Å². The van der Waals surface area contributed by atoms with Gasteiger partial charge in [-0.25, -0.2) is 4.79 Å². The number of hydrogen-bond donors (Lipinski definition) is 2. The Morgan fingerprint density at radius 1 is 1.32 bits per heavy atom. The summed E-state index contributed by atoms with van der Waals surface area (Å²) in [6, 6.07) is 8.02. The van der Waals surface area contributed by atoms with Crippen molar-refractivity contribution in [2.45, 2.75) is 39.2 Å². The lowest BCUT2D eigenvalue weighted by molar-refractivity contribution is 0.237. The lowest BCUT2D eigenvalue weighted by atomic mass is 10.1. The average Bonchev–Trinajstić information content (AvgIpc) is 2.39. The van der Waals surface area contributed by atoms with E-state index in [0.29, 0.717) is 6.54 Å². The van der Waals surface area contributed by atoms with Gasteiger partial charge in [0.1, 0.15) is 5.75 Å². The number of ether oxygens (including phenoxy) is 1. The summed E-state index contributed by atoms with van der Waals surface area (Å²) in [6.45, 7) is 4.77. The van der Waals surface area contributed by atoms with Crippen LogP contribution >= 0.6 is 0 Å². The second-order valence-electron chi connectivity index (χ2n) is 4.69. The molecule has 0 saturated heterocycles. The van der Waals surface area contributed by atoms with Crippen molar-refractivity contribution in [3.8, 4) is 5.75 Å². The van der Waals surface area contributed by atoms with Crippen LogP contribution in [-0.4, -0.2) is 25.7 Å². The molecule has 0 aliphatic heterocycles. The van der Waals surface area contributed by atoms with Crippen molar-refractivity contribution in [3.05, 3.63) is 29.8 Å². The van der Waals surface area contributed by atoms with E-state index in [9.17, 15) is 4.79 Å². The summed E-state index contributed by atoms with van der Waals surface area (Å²) in [5.74, 6) is 0.850. The van der Waals surface area contributed by atoms with Crippen molar-refractivity contribution in [1.82, 2.24) is 10.6 Å². The minimum Gasteiger partial charge on any atom is -0.497 e. The van der Waals surface area contributed by atoms with Crippen molar-refractivity contribution >= 4 is 6.03 Å². The Morgan fingerprint density at radius 2 is 2.00 bits per heavy atom. The van der Waals surface area contributed by atoms with Crippen LogP contribution in [0.5, 0.6) is 5.75 Å². The highest BCUT2D eigenvalue weighted by Crippen LogP contribution is 2.11. The Labute approximate surface area is 115 Å². The van der Waals surface area contributed by atoms with Crippen LogP contribution in [0.2, 0.25) is 0 Å². The maximum Gasteiger partial charge on any atom is 0.315 e. The number of methoxy groups -OCH3 is 1. The first-order valence-electron chi connectivity index (χ1n) is 6.83. The Morgan fingerprint density at radius 3 is 2.58 bits per heavy atom. The summed E-state index contributed by atoms with van der Waals surface area (Å²) in [5.41, 5.74) is 1.18. The van der Waals surface area contributed by atoms with Crippen LogP contribution in [-0.2, 0) is 6.42 Å². The highest BCUT2D eigenvalue weighted by Gasteiger charge is 2.05. The smallest absolute Gasteiger partial charge is 0.315 e. The first-order chi connectivity index (χ1) is 9.15. The summed E-state index contributed by atoms with van der Waals surface area (Å²) in [6.07, 6.45) is 2.90. The van der Waals surface area contributed by atoms with Gasteiger partial charge in [-0.05, 0) is 37.5 Å². The molecule has 2 amide bonds. The number of nitrogens with one attached hydrogen (secondary N) is 2. The van der Waals surface area contributed by atoms with E-state index in [1.165, 1.54) is 5.56 Å². The zero-order chi connectivity index (χ0) is 14.1. The number of carbonyl (C=O) groups is 1. The Bertz CT molecular complexity index is 376. The highest BCUT2D eigenvalue weighted by molar-refractivity contribution is 5.74. The third kappa shape index (κ3) is 6.13. The van der Waals surface area contributed by atoms with Crippen LogP contribution in [0, 0.1) is 0 Å². The molecule has 0 aromatic heterocycles. The Kier molecular flexibility index (Phi) is 6.79. The molecule has 0 aliphatic carbocycles. The molecule has 4 nitrogen and oxygen atoms in total. The molecule has 1 atom stereocenters. The zero-order valence-electron chi connectivity index (χ0n) is 12.0. The predicted octanol–water partition coefficient (Wildman–Crippen LogP) is 2.73. The van der Waals surface area contributed by atoms with Crippen molar-refractivity contribution in [1.29, 1.82) is 0 Å². The van der Waals surface area contributed by atoms with Gasteiger partial charge in [0.2, 0.25) is 0 Å². The molecule has 19 heavy (non-hydrogen) atoms. The van der Waals surface area contributed by atoms with Gasteiger partial charge in [0, 0.05) is 12.6 Å². The molecule has 1 aromatic carbocycles. The fourth-order valence-electron chi connectivity index (χ4n) is 1.89. The van der Waals surface area contributed by atoms with Crippen LogP contribution in [0.15, 0.2) is 24.3 Å². The Hall–Kier alpha value is -1.71. The lowest BCUT2D eigenvalue weighted by Crippen LogP contribution is -2.41. The molecule has 106 valence electrons. The second kappa shape index (κ2) is 8.40. The van der Waals surface area contributed by atoms with Gasteiger partial charge in [-0.15, -0.1) is 0 Å². The second-order valence-corrected chi connectivity index (χ2v) is 4.69. The van der Waals surface area contributed by atoms with Gasteiger partial charge in [-0.1, -0.05) is 25.5 Å². The summed E-state index contributed by atoms with van der Waals surface area (Å²) >= 11 is 0. The summed E-state index contributed by atoms with van der Waals surface area (Å²) < 4.78 is 5.10. The van der Waals surface area contributed by atoms with E-state index in [0.717, 1.165) is 25.0 Å². The molecule has 1 unspecified atom stereocenters. The molecular weight excluding hydrogens is 240 g/mol. The fourth-order valence-corrected chi connectivity index (χ4v) is 1.89. The van der Waals surface area contributed by atoms with Gasteiger partial charge in [0.15, 0.2) is 0 Å². The molecule has 0 heterocycles. The number of hydrogen-bond acceptors (Lipinski definition) is 2. The van der Waals surface area contributed by atoms with Crippen LogP contribution in [0.1, 0.15) is 32.3 Å². The van der Waals surface area contributed by atoms with E-state index in [2.05, 4.69) is 17.6 Å². The van der Waals surface area contributed by atoms with Crippen LogP contribution < -0.4 is 15.4 Å². The topological polar surface area (TPSA) is 50.4 Å². The van der Waals surface area contributed by atoms with Crippen LogP contribution in [0.4, 0.5) is 4.79 Å². The average molecular weight is 264 g/mol. The zero-order valence-corrected chi connectivity index (χ0v) is 12.0. The third-order valence-electron chi connectivity index (χ3n) is 2.96. The predicted molar refractivity (Wildman–Crippen MR) is 77.6 cm³/mol. The third-order valence-corrected chi connectivity index (χ3v) is 2.96. The maximum absolute atomic E-state index is 11.6. The number of rotatable bonds is 7. The van der Waals surface area contributed by atoms with E-state index < -0.39 is 0 Å². The van der Waals surface area contributed by atoms with Gasteiger partial charge >= 0.3 is 6.03 Å². The quantitative estimate of drug-likeness (QED) is 0.795. The molecule has 0 aliphatic rings. The summed E-state index contributed by atoms with van der Waals surface area (Å²) in [5, 5.41) is 5.78. The molecule has 1 aromatic rings. The van der Waals surface area contributed by atoms with E-state index >= 15 is 0 Å². The number of carbonyl (C=O) groups excluding carboxylic acids is 1. The molecular formula is C15H24N2O2. The normalized spacial score (nSPS) is 11.7. The van der Waals surface area contributed by atoms with Gasteiger partial charge in [0.05, 0.1) is 7.11 Å². The Balaban J connectivity index is 2.23. The molecule has 2 N–H and O–H groups in total. The number of urea groups is 1. The molecule has 0 radical (unpaired) electrons. The minimum atomic E-state index is -0.0885. The van der Waals surface area contributed by atoms with Gasteiger partial charge < -0.3 is 15.4 Å². The number of amides is 2. The highest BCUT2D eigenvalue weighted by atomic mass is 16.5. The SMILES string of the molecule is CCCC(C)NC(=O)NCCc1ccc(OC)cc1. The van der Waals surface area contributed by atoms with E-state index in [1.807, 2.05) is 31.2 Å². The van der Waals surface area contributed by atoms with Crippen molar-refractivity contribution < 1.29 is 9.53 Å². The van der Waals surface area contributed by atoms with E-state index in [1.54, 1.807) is 7.11 Å². The van der Waals surface area contributed by atoms with Crippen molar-refractivity contribution in [2.75, 3.05) is 13.7 Å². The maximum atomic E-state index is 11.6. The number of benzene rings is 1.